The van der Waals surface area contributed by atoms with Crippen LogP contribution in [0.15, 0.2) is 18.2 Å². The summed E-state index contributed by atoms with van der Waals surface area (Å²) >= 11 is 5.77. The third kappa shape index (κ3) is 3.91. The number of β-amino-alcohol motifs (C(OH)–C–C–N with tert-alkyl or cyclic N) is 1. The molecule has 0 saturated carbocycles. The zero-order chi connectivity index (χ0) is 14.7. The van der Waals surface area contributed by atoms with Crippen LogP contribution < -0.4 is 5.32 Å². The molecule has 0 bridgehead atoms. The van der Waals surface area contributed by atoms with Gasteiger partial charge in [-0.3, -0.25) is 9.69 Å². The second kappa shape index (κ2) is 6.52. The number of aliphatic hydroxyl groups is 1. The molecule has 2 rings (SSSR count). The van der Waals surface area contributed by atoms with Gasteiger partial charge in [-0.25, -0.2) is 4.39 Å². The van der Waals surface area contributed by atoms with Crippen molar-refractivity contribution in [2.75, 3.05) is 25.0 Å². The van der Waals surface area contributed by atoms with Crippen molar-refractivity contribution >= 4 is 23.2 Å². The molecular weight excluding hydrogens is 283 g/mol. The molecule has 1 fully saturated rings. The fraction of sp³-hybridized carbons (Fsp3) is 0.500. The van der Waals surface area contributed by atoms with Crippen molar-refractivity contribution in [1.29, 1.82) is 0 Å². The number of hydrogen-bond donors (Lipinski definition) is 2. The normalized spacial score (nSPS) is 23.6. The van der Waals surface area contributed by atoms with Gasteiger partial charge in [-0.15, -0.1) is 0 Å². The Kier molecular flexibility index (Phi) is 4.96. The molecule has 0 aromatic heterocycles. The number of likely N-dealkylation sites (tertiary alicyclic amines) is 1. The minimum atomic E-state index is -0.518. The minimum Gasteiger partial charge on any atom is -0.392 e. The van der Waals surface area contributed by atoms with E-state index in [-0.39, 0.29) is 24.1 Å². The second-order valence-corrected chi connectivity index (χ2v) is 5.68. The lowest BCUT2D eigenvalue weighted by Gasteiger charge is -2.33. The van der Waals surface area contributed by atoms with Crippen LogP contribution in [0.2, 0.25) is 5.02 Å². The number of aliphatic hydroxyl groups excluding tert-OH is 1. The predicted molar refractivity (Wildman–Crippen MR) is 76.3 cm³/mol. The van der Waals surface area contributed by atoms with E-state index in [1.807, 2.05) is 11.8 Å². The summed E-state index contributed by atoms with van der Waals surface area (Å²) in [4.78, 5) is 13.8. The Morgan fingerprint density at radius 3 is 3.05 bits per heavy atom. The number of nitrogens with zero attached hydrogens (tertiary/aromatic N) is 1. The van der Waals surface area contributed by atoms with E-state index in [0.717, 1.165) is 13.0 Å². The zero-order valence-electron chi connectivity index (χ0n) is 11.3. The van der Waals surface area contributed by atoms with E-state index in [2.05, 4.69) is 5.32 Å². The van der Waals surface area contributed by atoms with Crippen LogP contribution in [-0.4, -0.2) is 41.7 Å². The van der Waals surface area contributed by atoms with Gasteiger partial charge in [-0.2, -0.15) is 0 Å². The van der Waals surface area contributed by atoms with Gasteiger partial charge in [0.2, 0.25) is 5.91 Å². The topological polar surface area (TPSA) is 52.6 Å². The maximum Gasteiger partial charge on any atom is 0.238 e. The summed E-state index contributed by atoms with van der Waals surface area (Å²) in [6, 6.07) is 4.01. The summed E-state index contributed by atoms with van der Waals surface area (Å²) in [5.41, 5.74) is 0.0772. The van der Waals surface area contributed by atoms with E-state index in [9.17, 15) is 14.3 Å². The van der Waals surface area contributed by atoms with Crippen LogP contribution >= 0.6 is 11.6 Å². The molecule has 6 heteroatoms. The molecule has 4 nitrogen and oxygen atoms in total. The van der Waals surface area contributed by atoms with Crippen molar-refractivity contribution in [3.63, 3.8) is 0 Å². The Balaban J connectivity index is 1.91. The van der Waals surface area contributed by atoms with Gasteiger partial charge in [-0.05, 0) is 37.1 Å². The highest BCUT2D eigenvalue weighted by Gasteiger charge is 2.25. The van der Waals surface area contributed by atoms with Gasteiger partial charge in [0.1, 0.15) is 5.82 Å². The highest BCUT2D eigenvalue weighted by atomic mass is 35.5. The van der Waals surface area contributed by atoms with Crippen molar-refractivity contribution in [3.8, 4) is 0 Å². The fourth-order valence-electron chi connectivity index (χ4n) is 2.24. The molecule has 1 aromatic carbocycles. The Hall–Kier alpha value is -1.17. The number of piperidine rings is 1. The molecule has 0 aliphatic carbocycles. The minimum absolute atomic E-state index is 0.0772. The number of halogens is 2. The van der Waals surface area contributed by atoms with Gasteiger partial charge < -0.3 is 10.4 Å². The van der Waals surface area contributed by atoms with Crippen LogP contribution in [0.5, 0.6) is 0 Å². The molecule has 110 valence electrons. The van der Waals surface area contributed by atoms with Gasteiger partial charge in [0.15, 0.2) is 0 Å². The van der Waals surface area contributed by atoms with Crippen LogP contribution in [0.1, 0.15) is 13.3 Å². The Morgan fingerprint density at radius 1 is 1.60 bits per heavy atom. The van der Waals surface area contributed by atoms with Gasteiger partial charge in [0.05, 0.1) is 18.3 Å². The average Bonchev–Trinajstić information content (AvgIpc) is 2.38. The van der Waals surface area contributed by atoms with Crippen molar-refractivity contribution in [1.82, 2.24) is 4.90 Å². The zero-order valence-corrected chi connectivity index (χ0v) is 12.0. The van der Waals surface area contributed by atoms with Gasteiger partial charge in [0, 0.05) is 11.6 Å². The number of hydrogen-bond acceptors (Lipinski definition) is 3. The number of carbonyl (C=O) groups excluding carboxylic acids is 1. The van der Waals surface area contributed by atoms with E-state index in [1.165, 1.54) is 18.2 Å². The molecule has 20 heavy (non-hydrogen) atoms. The highest BCUT2D eigenvalue weighted by Crippen LogP contribution is 2.20. The molecule has 1 saturated heterocycles. The standard InChI is InChI=1S/C14H18ClFN2O2/c1-9-4-5-18(7-13(9)19)8-14(20)17-12-6-10(15)2-3-11(12)16/h2-3,6,9,13,19H,4-5,7-8H2,1H3,(H,17,20). The largest absolute Gasteiger partial charge is 0.392 e. The lowest BCUT2D eigenvalue weighted by molar-refractivity contribution is -0.118. The lowest BCUT2D eigenvalue weighted by atomic mass is 9.96. The van der Waals surface area contributed by atoms with Gasteiger partial charge >= 0.3 is 0 Å². The molecule has 0 spiro atoms. The number of benzene rings is 1. The number of nitrogens with one attached hydrogen (secondary N) is 1. The number of carbonyl (C=O) groups is 1. The molecule has 2 N–H and O–H groups in total. The van der Waals surface area contributed by atoms with E-state index < -0.39 is 11.9 Å². The summed E-state index contributed by atoms with van der Waals surface area (Å²) in [6.45, 7) is 3.34. The molecule has 2 atom stereocenters. The molecule has 1 aromatic rings. The second-order valence-electron chi connectivity index (χ2n) is 5.24. The first kappa shape index (κ1) is 15.2. The maximum absolute atomic E-state index is 13.5. The molecular formula is C14H18ClFN2O2. The molecule has 2 unspecified atom stereocenters. The number of amides is 1. The Morgan fingerprint density at radius 2 is 2.35 bits per heavy atom. The van der Waals surface area contributed by atoms with Crippen LogP contribution in [0.4, 0.5) is 10.1 Å². The maximum atomic E-state index is 13.5. The summed E-state index contributed by atoms with van der Waals surface area (Å²) in [5, 5.41) is 12.6. The average molecular weight is 301 g/mol. The third-order valence-corrected chi connectivity index (χ3v) is 3.81. The lowest BCUT2D eigenvalue weighted by Crippen LogP contribution is -2.45. The number of rotatable bonds is 3. The molecule has 1 aliphatic rings. The molecule has 1 heterocycles. The van der Waals surface area contributed by atoms with E-state index in [0.29, 0.717) is 11.6 Å². The van der Waals surface area contributed by atoms with Crippen LogP contribution in [0, 0.1) is 11.7 Å². The monoisotopic (exact) mass is 300 g/mol. The van der Waals surface area contributed by atoms with E-state index in [4.69, 9.17) is 11.6 Å². The van der Waals surface area contributed by atoms with Crippen molar-refractivity contribution in [3.05, 3.63) is 29.0 Å². The predicted octanol–water partition coefficient (Wildman–Crippen LogP) is 2.12. The highest BCUT2D eigenvalue weighted by molar-refractivity contribution is 6.30. The summed E-state index contributed by atoms with van der Waals surface area (Å²) in [5.74, 6) is -0.581. The van der Waals surface area contributed by atoms with Crippen LogP contribution in [0.25, 0.3) is 0 Å². The van der Waals surface area contributed by atoms with E-state index in [1.54, 1.807) is 0 Å². The van der Waals surface area contributed by atoms with Crippen molar-refractivity contribution < 1.29 is 14.3 Å². The first-order valence-corrected chi connectivity index (χ1v) is 6.99. The van der Waals surface area contributed by atoms with Crippen molar-refractivity contribution in [2.24, 2.45) is 5.92 Å². The molecule has 0 radical (unpaired) electrons. The first-order chi connectivity index (χ1) is 9.45. The van der Waals surface area contributed by atoms with E-state index >= 15 is 0 Å². The summed E-state index contributed by atoms with van der Waals surface area (Å²) in [6.07, 6.45) is 0.430. The van der Waals surface area contributed by atoms with Crippen LogP contribution in [0.3, 0.4) is 0 Å². The Bertz CT molecular complexity index is 498. The van der Waals surface area contributed by atoms with Crippen molar-refractivity contribution in [2.45, 2.75) is 19.4 Å². The quantitative estimate of drug-likeness (QED) is 0.899. The molecule has 1 aliphatic heterocycles. The first-order valence-electron chi connectivity index (χ1n) is 6.61. The SMILES string of the molecule is CC1CCN(CC(=O)Nc2cc(Cl)ccc2F)CC1O. The summed E-state index contributed by atoms with van der Waals surface area (Å²) in [7, 11) is 0. The third-order valence-electron chi connectivity index (χ3n) is 3.57. The smallest absolute Gasteiger partial charge is 0.238 e. The number of anilines is 1. The van der Waals surface area contributed by atoms with Gasteiger partial charge in [0.25, 0.3) is 0 Å². The van der Waals surface area contributed by atoms with Gasteiger partial charge in [-0.1, -0.05) is 18.5 Å². The Labute approximate surface area is 122 Å². The van der Waals surface area contributed by atoms with Crippen LogP contribution in [-0.2, 0) is 4.79 Å². The summed E-state index contributed by atoms with van der Waals surface area (Å²) < 4.78 is 13.5. The fourth-order valence-corrected chi connectivity index (χ4v) is 2.42. The molecule has 1 amide bonds.